The molecule has 1 heterocycles. The summed E-state index contributed by atoms with van der Waals surface area (Å²) in [6.45, 7) is 6.50. The molecular formula is C11H17ClN2OS. The lowest BCUT2D eigenvalue weighted by atomic mass is 10.3. The number of hydrogen-bond acceptors (Lipinski definition) is 3. The number of halogens is 1. The fraction of sp³-hybridized carbons (Fsp3) is 0.364. The van der Waals surface area contributed by atoms with Crippen LogP contribution in [0.4, 0.5) is 0 Å². The maximum absolute atomic E-state index is 11.7. The van der Waals surface area contributed by atoms with Crippen molar-refractivity contribution in [2.24, 2.45) is 5.73 Å². The summed E-state index contributed by atoms with van der Waals surface area (Å²) in [6, 6.07) is 3.53. The van der Waals surface area contributed by atoms with Gasteiger partial charge in [0, 0.05) is 11.4 Å². The Hall–Kier alpha value is -0.840. The van der Waals surface area contributed by atoms with Gasteiger partial charge in [-0.2, -0.15) is 0 Å². The van der Waals surface area contributed by atoms with Gasteiger partial charge in [-0.15, -0.1) is 30.3 Å². The lowest BCUT2D eigenvalue weighted by Gasteiger charge is -2.22. The van der Waals surface area contributed by atoms with Crippen LogP contribution in [0.25, 0.3) is 0 Å². The zero-order valence-electron chi connectivity index (χ0n) is 9.26. The lowest BCUT2D eigenvalue weighted by molar-refractivity contribution is -0.132. The molecule has 1 atom stereocenters. The molecule has 0 aliphatic heterocycles. The number of carbonyl (C=O) groups is 1. The largest absolute Gasteiger partial charge is 0.333 e. The molecule has 0 aliphatic rings. The summed E-state index contributed by atoms with van der Waals surface area (Å²) < 4.78 is 0. The molecule has 16 heavy (non-hydrogen) atoms. The Morgan fingerprint density at radius 3 is 2.88 bits per heavy atom. The Morgan fingerprint density at radius 2 is 2.44 bits per heavy atom. The molecule has 0 saturated heterocycles. The van der Waals surface area contributed by atoms with Crippen LogP contribution in [0.1, 0.15) is 11.8 Å². The third kappa shape index (κ3) is 4.35. The molecule has 5 heteroatoms. The second-order valence-corrected chi connectivity index (χ2v) is 4.41. The minimum Gasteiger partial charge on any atom is -0.333 e. The lowest BCUT2D eigenvalue weighted by Crippen LogP contribution is -2.41. The summed E-state index contributed by atoms with van der Waals surface area (Å²) in [5, 5.41) is 2.00. The number of thiophene rings is 1. The van der Waals surface area contributed by atoms with Gasteiger partial charge < -0.3 is 10.6 Å². The normalized spacial score (nSPS) is 11.4. The van der Waals surface area contributed by atoms with Crippen molar-refractivity contribution in [3.05, 3.63) is 35.0 Å². The SMILES string of the molecule is C=CCN(Cc1cccs1)C(=O)[C@H](C)N.Cl. The molecule has 3 nitrogen and oxygen atoms in total. The molecule has 0 radical (unpaired) electrons. The van der Waals surface area contributed by atoms with Crippen LogP contribution in [-0.4, -0.2) is 23.4 Å². The number of rotatable bonds is 5. The van der Waals surface area contributed by atoms with Gasteiger partial charge in [-0.3, -0.25) is 4.79 Å². The molecule has 0 aromatic carbocycles. The highest BCUT2D eigenvalue weighted by molar-refractivity contribution is 7.09. The summed E-state index contributed by atoms with van der Waals surface area (Å²) in [4.78, 5) is 14.6. The predicted molar refractivity (Wildman–Crippen MR) is 70.8 cm³/mol. The van der Waals surface area contributed by atoms with E-state index in [1.807, 2.05) is 17.5 Å². The van der Waals surface area contributed by atoms with Crippen LogP contribution in [0.15, 0.2) is 30.2 Å². The summed E-state index contributed by atoms with van der Waals surface area (Å²) >= 11 is 1.64. The van der Waals surface area contributed by atoms with E-state index in [-0.39, 0.29) is 18.3 Å². The average Bonchev–Trinajstić information content (AvgIpc) is 2.68. The highest BCUT2D eigenvalue weighted by Gasteiger charge is 2.16. The minimum atomic E-state index is -0.454. The van der Waals surface area contributed by atoms with Crippen molar-refractivity contribution in [3.8, 4) is 0 Å². The van der Waals surface area contributed by atoms with Gasteiger partial charge in [0.2, 0.25) is 5.91 Å². The molecule has 90 valence electrons. The van der Waals surface area contributed by atoms with Crippen LogP contribution >= 0.6 is 23.7 Å². The third-order valence-corrected chi connectivity index (χ3v) is 2.84. The monoisotopic (exact) mass is 260 g/mol. The molecular weight excluding hydrogens is 244 g/mol. The van der Waals surface area contributed by atoms with Crippen molar-refractivity contribution in [1.29, 1.82) is 0 Å². The van der Waals surface area contributed by atoms with Crippen molar-refractivity contribution in [3.63, 3.8) is 0 Å². The second-order valence-electron chi connectivity index (χ2n) is 3.38. The predicted octanol–water partition coefficient (Wildman–Crippen LogP) is 2.03. The van der Waals surface area contributed by atoms with E-state index in [1.54, 1.807) is 29.2 Å². The molecule has 0 aliphatic carbocycles. The zero-order valence-corrected chi connectivity index (χ0v) is 10.9. The van der Waals surface area contributed by atoms with E-state index in [9.17, 15) is 4.79 Å². The highest BCUT2D eigenvalue weighted by Crippen LogP contribution is 2.12. The van der Waals surface area contributed by atoms with Crippen molar-refractivity contribution in [2.75, 3.05) is 6.54 Å². The molecule has 1 aromatic heterocycles. The third-order valence-electron chi connectivity index (χ3n) is 1.98. The van der Waals surface area contributed by atoms with Gasteiger partial charge in [-0.1, -0.05) is 12.1 Å². The van der Waals surface area contributed by atoms with E-state index in [0.29, 0.717) is 13.1 Å². The maximum atomic E-state index is 11.7. The van der Waals surface area contributed by atoms with Crippen molar-refractivity contribution in [1.82, 2.24) is 4.90 Å². The van der Waals surface area contributed by atoms with Crippen molar-refractivity contribution >= 4 is 29.7 Å². The van der Waals surface area contributed by atoms with Crippen LogP contribution in [0.3, 0.4) is 0 Å². The van der Waals surface area contributed by atoms with E-state index >= 15 is 0 Å². The minimum absolute atomic E-state index is 0. The first kappa shape index (κ1) is 15.2. The fourth-order valence-electron chi connectivity index (χ4n) is 1.27. The summed E-state index contributed by atoms with van der Waals surface area (Å²) in [7, 11) is 0. The Labute approximate surface area is 106 Å². The van der Waals surface area contributed by atoms with Gasteiger partial charge in [0.1, 0.15) is 0 Å². The quantitative estimate of drug-likeness (QED) is 0.824. The van der Waals surface area contributed by atoms with E-state index in [2.05, 4.69) is 6.58 Å². The average molecular weight is 261 g/mol. The number of carbonyl (C=O) groups excluding carboxylic acids is 1. The first-order chi connectivity index (χ1) is 7.15. The molecule has 0 unspecified atom stereocenters. The summed E-state index contributed by atoms with van der Waals surface area (Å²) in [5.41, 5.74) is 5.57. The Morgan fingerprint density at radius 1 is 1.75 bits per heavy atom. The van der Waals surface area contributed by atoms with Crippen LogP contribution in [0.2, 0.25) is 0 Å². The molecule has 0 fully saturated rings. The zero-order chi connectivity index (χ0) is 11.3. The van der Waals surface area contributed by atoms with Crippen LogP contribution < -0.4 is 5.73 Å². The van der Waals surface area contributed by atoms with E-state index < -0.39 is 6.04 Å². The maximum Gasteiger partial charge on any atom is 0.239 e. The topological polar surface area (TPSA) is 46.3 Å². The van der Waals surface area contributed by atoms with E-state index in [0.717, 1.165) is 4.88 Å². The van der Waals surface area contributed by atoms with Gasteiger partial charge in [0.05, 0.1) is 12.6 Å². The van der Waals surface area contributed by atoms with Crippen LogP contribution in [0, 0.1) is 0 Å². The van der Waals surface area contributed by atoms with Gasteiger partial charge in [0.15, 0.2) is 0 Å². The summed E-state index contributed by atoms with van der Waals surface area (Å²) in [6.07, 6.45) is 1.72. The molecule has 1 rings (SSSR count). The molecule has 0 bridgehead atoms. The number of nitrogens with zero attached hydrogens (tertiary/aromatic N) is 1. The van der Waals surface area contributed by atoms with Crippen LogP contribution in [0.5, 0.6) is 0 Å². The number of hydrogen-bond donors (Lipinski definition) is 1. The molecule has 2 N–H and O–H groups in total. The molecule has 0 saturated carbocycles. The first-order valence-electron chi connectivity index (χ1n) is 4.82. The molecule has 0 spiro atoms. The smallest absolute Gasteiger partial charge is 0.239 e. The van der Waals surface area contributed by atoms with E-state index in [4.69, 9.17) is 5.73 Å². The van der Waals surface area contributed by atoms with Crippen LogP contribution in [-0.2, 0) is 11.3 Å². The Bertz CT molecular complexity index is 325. The Kier molecular flexibility index (Phi) is 7.05. The van der Waals surface area contributed by atoms with Gasteiger partial charge in [0.25, 0.3) is 0 Å². The molecule has 1 amide bonds. The van der Waals surface area contributed by atoms with Crippen molar-refractivity contribution in [2.45, 2.75) is 19.5 Å². The summed E-state index contributed by atoms with van der Waals surface area (Å²) in [5.74, 6) is -0.0386. The second kappa shape index (κ2) is 7.44. The highest BCUT2D eigenvalue weighted by atomic mass is 35.5. The standard InChI is InChI=1S/C11H16N2OS.ClH/c1-3-6-13(11(14)9(2)12)8-10-5-4-7-15-10;/h3-5,7,9H,1,6,8,12H2,2H3;1H/t9-;/m0./s1. The fourth-order valence-corrected chi connectivity index (χ4v) is 1.99. The van der Waals surface area contributed by atoms with Crippen molar-refractivity contribution < 1.29 is 4.79 Å². The van der Waals surface area contributed by atoms with Gasteiger partial charge >= 0.3 is 0 Å². The first-order valence-corrected chi connectivity index (χ1v) is 5.70. The van der Waals surface area contributed by atoms with Gasteiger partial charge in [-0.25, -0.2) is 0 Å². The van der Waals surface area contributed by atoms with E-state index in [1.165, 1.54) is 0 Å². The number of nitrogens with two attached hydrogens (primary N) is 1. The van der Waals surface area contributed by atoms with Gasteiger partial charge in [-0.05, 0) is 18.4 Å². The number of amides is 1. The Balaban J connectivity index is 0.00000225. The molecule has 1 aromatic rings.